The van der Waals surface area contributed by atoms with E-state index in [2.05, 4.69) is 10.2 Å². The van der Waals surface area contributed by atoms with Crippen LogP contribution in [0.25, 0.3) is 0 Å². The molecule has 2 aliphatic heterocycles. The maximum absolute atomic E-state index is 13.1. The maximum Gasteiger partial charge on any atom is 0.141 e. The predicted molar refractivity (Wildman–Crippen MR) is 72.6 cm³/mol. The van der Waals surface area contributed by atoms with Crippen molar-refractivity contribution < 1.29 is 4.39 Å². The van der Waals surface area contributed by atoms with Gasteiger partial charge in [-0.25, -0.2) is 4.39 Å². The lowest BCUT2D eigenvalue weighted by molar-refractivity contribution is 0.188. The SMILES string of the molecule is Fc1ccc(NC2CCN3CCCC3C2)cc1Cl. The van der Waals surface area contributed by atoms with Gasteiger partial charge in [0.25, 0.3) is 0 Å². The first kappa shape index (κ1) is 12.2. The number of benzene rings is 1. The molecule has 2 aliphatic rings. The van der Waals surface area contributed by atoms with Gasteiger partial charge in [0.05, 0.1) is 5.02 Å². The van der Waals surface area contributed by atoms with E-state index < -0.39 is 0 Å². The van der Waals surface area contributed by atoms with Gasteiger partial charge in [-0.15, -0.1) is 0 Å². The van der Waals surface area contributed by atoms with Crippen LogP contribution in [0, 0.1) is 5.82 Å². The van der Waals surface area contributed by atoms with Gasteiger partial charge < -0.3 is 10.2 Å². The summed E-state index contributed by atoms with van der Waals surface area (Å²) in [5.41, 5.74) is 0.929. The molecule has 0 radical (unpaired) electrons. The summed E-state index contributed by atoms with van der Waals surface area (Å²) in [6.07, 6.45) is 5.00. The minimum absolute atomic E-state index is 0.193. The molecule has 0 spiro atoms. The van der Waals surface area contributed by atoms with Gasteiger partial charge in [-0.2, -0.15) is 0 Å². The first-order valence-corrected chi connectivity index (χ1v) is 7.06. The van der Waals surface area contributed by atoms with E-state index in [0.717, 1.165) is 18.2 Å². The van der Waals surface area contributed by atoms with E-state index in [4.69, 9.17) is 11.6 Å². The second kappa shape index (κ2) is 5.06. The minimum Gasteiger partial charge on any atom is -0.382 e. The Morgan fingerprint density at radius 3 is 3.00 bits per heavy atom. The topological polar surface area (TPSA) is 15.3 Å². The highest BCUT2D eigenvalue weighted by Gasteiger charge is 2.31. The van der Waals surface area contributed by atoms with E-state index in [-0.39, 0.29) is 10.8 Å². The summed E-state index contributed by atoms with van der Waals surface area (Å²) >= 11 is 5.80. The standard InChI is InChI=1S/C14H18ClFN2/c15-13-9-10(3-4-14(13)16)17-11-5-7-18-6-1-2-12(18)8-11/h3-4,9,11-12,17H,1-2,5-8H2. The monoisotopic (exact) mass is 268 g/mol. The van der Waals surface area contributed by atoms with Crippen molar-refractivity contribution in [1.82, 2.24) is 4.90 Å². The van der Waals surface area contributed by atoms with E-state index in [1.807, 2.05) is 0 Å². The lowest BCUT2D eigenvalue weighted by Crippen LogP contribution is -2.42. The molecule has 2 saturated heterocycles. The van der Waals surface area contributed by atoms with E-state index in [1.165, 1.54) is 38.4 Å². The Hall–Kier alpha value is -0.800. The second-order valence-corrected chi connectivity index (χ2v) is 5.73. The largest absolute Gasteiger partial charge is 0.382 e. The van der Waals surface area contributed by atoms with Crippen molar-refractivity contribution in [3.8, 4) is 0 Å². The number of halogens is 2. The molecule has 2 heterocycles. The summed E-state index contributed by atoms with van der Waals surface area (Å²) < 4.78 is 13.1. The molecule has 3 rings (SSSR count). The number of hydrogen-bond donors (Lipinski definition) is 1. The molecular formula is C14H18ClFN2. The number of piperidine rings is 1. The van der Waals surface area contributed by atoms with Gasteiger partial charge in [-0.05, 0) is 50.4 Å². The normalized spacial score (nSPS) is 28.1. The third-order valence-corrected chi connectivity index (χ3v) is 4.40. The molecule has 1 aromatic carbocycles. The zero-order chi connectivity index (χ0) is 12.5. The van der Waals surface area contributed by atoms with Crippen LogP contribution in [0.3, 0.4) is 0 Å². The zero-order valence-electron chi connectivity index (χ0n) is 10.3. The summed E-state index contributed by atoms with van der Waals surface area (Å²) in [6.45, 7) is 2.44. The Kier molecular flexibility index (Phi) is 3.44. The van der Waals surface area contributed by atoms with E-state index in [1.54, 1.807) is 12.1 Å². The molecule has 0 aliphatic carbocycles. The van der Waals surface area contributed by atoms with Crippen molar-refractivity contribution >= 4 is 17.3 Å². The highest BCUT2D eigenvalue weighted by atomic mass is 35.5. The highest BCUT2D eigenvalue weighted by molar-refractivity contribution is 6.31. The van der Waals surface area contributed by atoms with Crippen molar-refractivity contribution in [1.29, 1.82) is 0 Å². The first-order chi connectivity index (χ1) is 8.72. The van der Waals surface area contributed by atoms with Gasteiger partial charge in [0.15, 0.2) is 0 Å². The third kappa shape index (κ3) is 2.47. The fraction of sp³-hybridized carbons (Fsp3) is 0.571. The molecule has 18 heavy (non-hydrogen) atoms. The van der Waals surface area contributed by atoms with Gasteiger partial charge in [0, 0.05) is 24.3 Å². The van der Waals surface area contributed by atoms with E-state index in [9.17, 15) is 4.39 Å². The summed E-state index contributed by atoms with van der Waals surface area (Å²) in [6, 6.07) is 6.10. The number of anilines is 1. The van der Waals surface area contributed by atoms with Crippen molar-refractivity contribution in [2.24, 2.45) is 0 Å². The zero-order valence-corrected chi connectivity index (χ0v) is 11.1. The summed E-state index contributed by atoms with van der Waals surface area (Å²) in [7, 11) is 0. The second-order valence-electron chi connectivity index (χ2n) is 5.33. The molecule has 4 heteroatoms. The van der Waals surface area contributed by atoms with Gasteiger partial charge in [0.1, 0.15) is 5.82 Å². The van der Waals surface area contributed by atoms with Crippen LogP contribution in [-0.2, 0) is 0 Å². The van der Waals surface area contributed by atoms with Crippen LogP contribution in [0.1, 0.15) is 25.7 Å². The molecule has 1 aromatic rings. The summed E-state index contributed by atoms with van der Waals surface area (Å²) in [5.74, 6) is -0.354. The minimum atomic E-state index is -0.354. The maximum atomic E-state index is 13.1. The molecule has 98 valence electrons. The van der Waals surface area contributed by atoms with Gasteiger partial charge in [-0.3, -0.25) is 0 Å². The first-order valence-electron chi connectivity index (χ1n) is 6.68. The Morgan fingerprint density at radius 2 is 2.17 bits per heavy atom. The molecule has 0 aromatic heterocycles. The Bertz CT molecular complexity index is 438. The fourth-order valence-corrected chi connectivity index (χ4v) is 3.36. The smallest absolute Gasteiger partial charge is 0.141 e. The van der Waals surface area contributed by atoms with Gasteiger partial charge in [0.2, 0.25) is 0 Å². The molecule has 0 amide bonds. The Labute approximate surface area is 112 Å². The average Bonchev–Trinajstić information content (AvgIpc) is 2.81. The Morgan fingerprint density at radius 1 is 1.28 bits per heavy atom. The lowest BCUT2D eigenvalue weighted by Gasteiger charge is -2.35. The van der Waals surface area contributed by atoms with Crippen LogP contribution in [0.2, 0.25) is 5.02 Å². The van der Waals surface area contributed by atoms with Crippen LogP contribution in [-0.4, -0.2) is 30.1 Å². The molecular weight excluding hydrogens is 251 g/mol. The number of nitrogens with zero attached hydrogens (tertiary/aromatic N) is 1. The van der Waals surface area contributed by atoms with Gasteiger partial charge >= 0.3 is 0 Å². The summed E-state index contributed by atoms with van der Waals surface area (Å²) in [5, 5.41) is 3.68. The van der Waals surface area contributed by atoms with E-state index >= 15 is 0 Å². The van der Waals surface area contributed by atoms with Crippen molar-refractivity contribution in [3.63, 3.8) is 0 Å². The van der Waals surface area contributed by atoms with Crippen molar-refractivity contribution in [2.45, 2.75) is 37.8 Å². The van der Waals surface area contributed by atoms with Crippen molar-refractivity contribution in [3.05, 3.63) is 29.0 Å². The molecule has 2 fully saturated rings. The molecule has 2 unspecified atom stereocenters. The number of rotatable bonds is 2. The van der Waals surface area contributed by atoms with Crippen LogP contribution in [0.4, 0.5) is 10.1 Å². The fourth-order valence-electron chi connectivity index (χ4n) is 3.18. The number of nitrogens with one attached hydrogen (secondary N) is 1. The van der Waals surface area contributed by atoms with Crippen LogP contribution in [0.15, 0.2) is 18.2 Å². The average molecular weight is 269 g/mol. The highest BCUT2D eigenvalue weighted by Crippen LogP contribution is 2.29. The molecule has 2 nitrogen and oxygen atoms in total. The predicted octanol–water partition coefficient (Wildman–Crippen LogP) is 3.52. The number of fused-ring (bicyclic) bond motifs is 1. The quantitative estimate of drug-likeness (QED) is 0.883. The number of hydrogen-bond acceptors (Lipinski definition) is 2. The molecule has 1 N–H and O–H groups in total. The van der Waals surface area contributed by atoms with Crippen LogP contribution >= 0.6 is 11.6 Å². The third-order valence-electron chi connectivity index (χ3n) is 4.11. The summed E-state index contributed by atoms with van der Waals surface area (Å²) in [4.78, 5) is 2.59. The Balaban J connectivity index is 1.64. The van der Waals surface area contributed by atoms with Gasteiger partial charge in [-0.1, -0.05) is 11.6 Å². The van der Waals surface area contributed by atoms with Crippen LogP contribution < -0.4 is 5.32 Å². The lowest BCUT2D eigenvalue weighted by atomic mass is 9.97. The molecule has 2 atom stereocenters. The molecule has 0 bridgehead atoms. The molecule has 0 saturated carbocycles. The van der Waals surface area contributed by atoms with Crippen LogP contribution in [0.5, 0.6) is 0 Å². The van der Waals surface area contributed by atoms with E-state index in [0.29, 0.717) is 6.04 Å². The van der Waals surface area contributed by atoms with Crippen molar-refractivity contribution in [2.75, 3.05) is 18.4 Å².